The van der Waals surface area contributed by atoms with Gasteiger partial charge < -0.3 is 9.64 Å². The molecule has 0 unspecified atom stereocenters. The van der Waals surface area contributed by atoms with Crippen molar-refractivity contribution >= 4 is 11.7 Å². The summed E-state index contributed by atoms with van der Waals surface area (Å²) in [6.07, 6.45) is -3.98. The minimum Gasteiger partial charge on any atom is -0.378 e. The molecule has 1 aliphatic heterocycles. The van der Waals surface area contributed by atoms with E-state index >= 15 is 0 Å². The highest BCUT2D eigenvalue weighted by Crippen LogP contribution is 2.27. The number of alkyl halides is 3. The topological polar surface area (TPSA) is 72.6 Å². The standard InChI is InChI=1S/C15H18F3N5O2/c1-9-11(3-4-12(24)22-5-7-25-8-6-22)10(2)23-14(19-9)20-13(21-23)15(16,17)18/h3-8H2,1-2H3. The van der Waals surface area contributed by atoms with Crippen LogP contribution in [0.4, 0.5) is 13.2 Å². The summed E-state index contributed by atoms with van der Waals surface area (Å²) >= 11 is 0. The maximum Gasteiger partial charge on any atom is 0.453 e. The minimum absolute atomic E-state index is 0.00299. The zero-order valence-corrected chi connectivity index (χ0v) is 13.9. The van der Waals surface area contributed by atoms with Crippen molar-refractivity contribution in [3.63, 3.8) is 0 Å². The van der Waals surface area contributed by atoms with Gasteiger partial charge in [0.2, 0.25) is 5.91 Å². The highest BCUT2D eigenvalue weighted by molar-refractivity contribution is 5.76. The summed E-state index contributed by atoms with van der Waals surface area (Å²) in [7, 11) is 0. The van der Waals surface area contributed by atoms with E-state index in [1.807, 2.05) is 0 Å². The van der Waals surface area contributed by atoms with Crippen LogP contribution in [0.15, 0.2) is 0 Å². The Balaban J connectivity index is 1.82. The Morgan fingerprint density at radius 3 is 2.52 bits per heavy atom. The summed E-state index contributed by atoms with van der Waals surface area (Å²) in [6, 6.07) is 0. The van der Waals surface area contributed by atoms with Crippen molar-refractivity contribution in [3.05, 3.63) is 22.8 Å². The number of aromatic nitrogens is 4. The molecule has 0 aromatic carbocycles. The van der Waals surface area contributed by atoms with Crippen LogP contribution in [0.2, 0.25) is 0 Å². The molecular weight excluding hydrogens is 339 g/mol. The number of hydrogen-bond donors (Lipinski definition) is 0. The molecule has 1 saturated heterocycles. The Bertz CT molecular complexity index is 797. The number of nitrogens with zero attached hydrogens (tertiary/aromatic N) is 5. The Morgan fingerprint density at radius 1 is 1.20 bits per heavy atom. The van der Waals surface area contributed by atoms with Gasteiger partial charge in [-0.2, -0.15) is 18.2 Å². The fourth-order valence-corrected chi connectivity index (χ4v) is 2.89. The van der Waals surface area contributed by atoms with Crippen molar-refractivity contribution in [2.45, 2.75) is 32.9 Å². The fraction of sp³-hybridized carbons (Fsp3) is 0.600. The second-order valence-corrected chi connectivity index (χ2v) is 5.90. The molecular formula is C15H18F3N5O2. The van der Waals surface area contributed by atoms with Gasteiger partial charge in [0, 0.05) is 30.9 Å². The van der Waals surface area contributed by atoms with Crippen LogP contribution >= 0.6 is 0 Å². The molecule has 0 spiro atoms. The smallest absolute Gasteiger partial charge is 0.378 e. The van der Waals surface area contributed by atoms with Gasteiger partial charge in [0.1, 0.15) is 0 Å². The monoisotopic (exact) mass is 357 g/mol. The van der Waals surface area contributed by atoms with Gasteiger partial charge in [-0.15, -0.1) is 5.10 Å². The van der Waals surface area contributed by atoms with Crippen LogP contribution in [0.3, 0.4) is 0 Å². The van der Waals surface area contributed by atoms with Crippen molar-refractivity contribution in [2.75, 3.05) is 26.3 Å². The van der Waals surface area contributed by atoms with E-state index in [0.717, 1.165) is 4.52 Å². The van der Waals surface area contributed by atoms with E-state index in [9.17, 15) is 18.0 Å². The Labute approximate surface area is 141 Å². The van der Waals surface area contributed by atoms with Crippen LogP contribution in [0.25, 0.3) is 5.78 Å². The molecule has 10 heteroatoms. The Morgan fingerprint density at radius 2 is 1.88 bits per heavy atom. The predicted molar refractivity (Wildman–Crippen MR) is 81.0 cm³/mol. The van der Waals surface area contributed by atoms with Gasteiger partial charge in [-0.3, -0.25) is 4.79 Å². The predicted octanol–water partition coefficient (Wildman–Crippen LogP) is 1.55. The molecule has 2 aromatic heterocycles. The average molecular weight is 357 g/mol. The van der Waals surface area contributed by atoms with Crippen LogP contribution in [0.5, 0.6) is 0 Å². The van der Waals surface area contributed by atoms with Gasteiger partial charge in [-0.05, 0) is 25.8 Å². The maximum absolute atomic E-state index is 12.8. The largest absolute Gasteiger partial charge is 0.453 e. The zero-order chi connectivity index (χ0) is 18.2. The molecule has 0 bridgehead atoms. The number of fused-ring (bicyclic) bond motifs is 1. The second kappa shape index (κ2) is 6.58. The van der Waals surface area contributed by atoms with E-state index in [1.165, 1.54) is 0 Å². The molecule has 136 valence electrons. The van der Waals surface area contributed by atoms with Crippen molar-refractivity contribution in [3.8, 4) is 0 Å². The number of carbonyl (C=O) groups is 1. The molecule has 25 heavy (non-hydrogen) atoms. The van der Waals surface area contributed by atoms with Crippen molar-refractivity contribution in [1.82, 2.24) is 24.5 Å². The van der Waals surface area contributed by atoms with Gasteiger partial charge in [-0.1, -0.05) is 0 Å². The summed E-state index contributed by atoms with van der Waals surface area (Å²) in [6.45, 7) is 5.53. The van der Waals surface area contributed by atoms with E-state index in [4.69, 9.17) is 4.74 Å². The highest BCUT2D eigenvalue weighted by Gasteiger charge is 2.37. The third-order valence-corrected chi connectivity index (χ3v) is 4.26. The lowest BCUT2D eigenvalue weighted by Crippen LogP contribution is -2.40. The lowest BCUT2D eigenvalue weighted by atomic mass is 10.1. The SMILES string of the molecule is Cc1nc2nc(C(F)(F)F)nn2c(C)c1CCC(=O)N1CCOCC1. The molecule has 2 aromatic rings. The summed E-state index contributed by atoms with van der Waals surface area (Å²) in [5.41, 5.74) is 1.79. The average Bonchev–Trinajstić information content (AvgIpc) is 2.99. The van der Waals surface area contributed by atoms with Crippen LogP contribution in [0, 0.1) is 13.8 Å². The van der Waals surface area contributed by atoms with Crippen molar-refractivity contribution in [1.29, 1.82) is 0 Å². The number of hydrogen-bond acceptors (Lipinski definition) is 5. The van der Waals surface area contributed by atoms with Crippen LogP contribution in [0.1, 0.15) is 29.2 Å². The number of halogens is 3. The molecule has 1 fully saturated rings. The molecule has 3 rings (SSSR count). The molecule has 1 amide bonds. The van der Waals surface area contributed by atoms with Gasteiger partial charge in [0.15, 0.2) is 0 Å². The lowest BCUT2D eigenvalue weighted by Gasteiger charge is -2.27. The first kappa shape index (κ1) is 17.6. The third-order valence-electron chi connectivity index (χ3n) is 4.26. The molecule has 0 N–H and O–H groups in total. The minimum atomic E-state index is -4.62. The summed E-state index contributed by atoms with van der Waals surface area (Å²) in [4.78, 5) is 21.5. The molecule has 0 aliphatic carbocycles. The second-order valence-electron chi connectivity index (χ2n) is 5.90. The van der Waals surface area contributed by atoms with Gasteiger partial charge in [0.25, 0.3) is 11.6 Å². The number of amides is 1. The number of rotatable bonds is 3. The van der Waals surface area contributed by atoms with E-state index in [2.05, 4.69) is 15.1 Å². The van der Waals surface area contributed by atoms with Gasteiger partial charge in [-0.25, -0.2) is 9.50 Å². The molecule has 0 atom stereocenters. The number of aryl methyl sites for hydroxylation is 2. The number of ether oxygens (including phenoxy) is 1. The zero-order valence-electron chi connectivity index (χ0n) is 13.9. The van der Waals surface area contributed by atoms with E-state index in [0.29, 0.717) is 49.7 Å². The molecule has 0 radical (unpaired) electrons. The number of carbonyl (C=O) groups excluding carboxylic acids is 1. The summed E-state index contributed by atoms with van der Waals surface area (Å²) < 4.78 is 44.7. The molecule has 7 nitrogen and oxygen atoms in total. The Hall–Kier alpha value is -2.23. The fourth-order valence-electron chi connectivity index (χ4n) is 2.89. The first-order chi connectivity index (χ1) is 11.8. The summed E-state index contributed by atoms with van der Waals surface area (Å²) in [5.74, 6) is -1.31. The van der Waals surface area contributed by atoms with Crippen LogP contribution in [-0.2, 0) is 22.1 Å². The molecule has 3 heterocycles. The van der Waals surface area contributed by atoms with Gasteiger partial charge >= 0.3 is 6.18 Å². The highest BCUT2D eigenvalue weighted by atomic mass is 19.4. The summed E-state index contributed by atoms with van der Waals surface area (Å²) in [5, 5.41) is 3.51. The third kappa shape index (κ3) is 3.58. The molecule has 1 aliphatic rings. The first-order valence-electron chi connectivity index (χ1n) is 7.93. The first-order valence-corrected chi connectivity index (χ1v) is 7.93. The van der Waals surface area contributed by atoms with E-state index < -0.39 is 12.0 Å². The quantitative estimate of drug-likeness (QED) is 0.833. The van der Waals surface area contributed by atoms with E-state index in [-0.39, 0.29) is 18.1 Å². The van der Waals surface area contributed by atoms with E-state index in [1.54, 1.807) is 18.7 Å². The lowest BCUT2D eigenvalue weighted by molar-refractivity contribution is -0.144. The van der Waals surface area contributed by atoms with Crippen molar-refractivity contribution in [2.24, 2.45) is 0 Å². The molecule has 0 saturated carbocycles. The van der Waals surface area contributed by atoms with Gasteiger partial charge in [0.05, 0.1) is 13.2 Å². The normalized spacial score (nSPS) is 15.8. The Kier molecular flexibility index (Phi) is 4.63. The number of morpholine rings is 1. The van der Waals surface area contributed by atoms with Crippen LogP contribution in [-0.4, -0.2) is 56.7 Å². The van der Waals surface area contributed by atoms with Crippen molar-refractivity contribution < 1.29 is 22.7 Å². The maximum atomic E-state index is 12.8. The van der Waals surface area contributed by atoms with Crippen LogP contribution < -0.4 is 0 Å².